The van der Waals surface area contributed by atoms with Crippen molar-refractivity contribution in [3.63, 3.8) is 0 Å². The molecule has 1 saturated carbocycles. The largest absolute Gasteiger partial charge is 0.350 e. The fraction of sp³-hybridized carbons (Fsp3) is 0.545. The van der Waals surface area contributed by atoms with Gasteiger partial charge in [0.1, 0.15) is 5.69 Å². The molecule has 2 aliphatic heterocycles. The number of piperidine rings is 1. The third-order valence-corrected chi connectivity index (χ3v) is 9.62. The Bertz CT molecular complexity index is 1310. The number of nitrogens with zero attached hydrogens (tertiary/aromatic N) is 2. The minimum absolute atomic E-state index is 0.211. The van der Waals surface area contributed by atoms with Gasteiger partial charge in [-0.3, -0.25) is 9.69 Å². The number of benzene rings is 2. The molecule has 2 aromatic carbocycles. The van der Waals surface area contributed by atoms with Gasteiger partial charge in [0.25, 0.3) is 5.91 Å². The minimum atomic E-state index is 0.211. The summed E-state index contributed by atoms with van der Waals surface area (Å²) >= 11 is 0. The fourth-order valence-corrected chi connectivity index (χ4v) is 8.46. The van der Waals surface area contributed by atoms with Crippen molar-refractivity contribution >= 4 is 16.8 Å². The lowest BCUT2D eigenvalue weighted by Gasteiger charge is -2.39. The zero-order chi connectivity index (χ0) is 25.9. The highest BCUT2D eigenvalue weighted by atomic mass is 16.2. The Kier molecular flexibility index (Phi) is 6.02. The molecule has 1 amide bonds. The van der Waals surface area contributed by atoms with Crippen LogP contribution in [0.15, 0.2) is 42.5 Å². The number of aromatic amines is 1. The fourth-order valence-electron chi connectivity index (χ4n) is 8.46. The molecule has 1 aromatic heterocycles. The molecule has 0 radical (unpaired) electrons. The molecule has 196 valence electrons. The maximum absolute atomic E-state index is 14.2. The molecule has 2 saturated heterocycles. The zero-order valence-corrected chi connectivity index (χ0v) is 23.4. The maximum Gasteiger partial charge on any atom is 0.270 e. The zero-order valence-electron chi connectivity index (χ0n) is 23.4. The highest BCUT2D eigenvalue weighted by molar-refractivity contribution is 6.01. The molecule has 6 rings (SSSR count). The second kappa shape index (κ2) is 9.01. The Morgan fingerprint density at radius 1 is 0.973 bits per heavy atom. The number of nitrogens with one attached hydrogen (secondary N) is 1. The molecule has 1 N–H and O–H groups in total. The van der Waals surface area contributed by atoms with Gasteiger partial charge in [-0.1, -0.05) is 57.2 Å². The molecule has 1 aliphatic carbocycles. The molecular formula is C33H43N3O. The number of hydrogen-bond acceptors (Lipinski definition) is 2. The topological polar surface area (TPSA) is 39.3 Å². The number of aromatic nitrogens is 1. The van der Waals surface area contributed by atoms with E-state index in [1.165, 1.54) is 41.3 Å². The molecule has 0 unspecified atom stereocenters. The highest BCUT2D eigenvalue weighted by Crippen LogP contribution is 2.53. The number of carbonyl (C=O) groups is 1. The van der Waals surface area contributed by atoms with Gasteiger partial charge in [0.15, 0.2) is 0 Å². The van der Waals surface area contributed by atoms with Crippen molar-refractivity contribution in [2.24, 2.45) is 10.8 Å². The number of likely N-dealkylation sites (tertiary alicyclic amines) is 2. The van der Waals surface area contributed by atoms with Crippen LogP contribution >= 0.6 is 0 Å². The molecular weight excluding hydrogens is 454 g/mol. The summed E-state index contributed by atoms with van der Waals surface area (Å²) < 4.78 is 0. The first-order valence-corrected chi connectivity index (χ1v) is 14.3. The molecule has 0 spiro atoms. The van der Waals surface area contributed by atoms with Crippen molar-refractivity contribution in [3.8, 4) is 0 Å². The van der Waals surface area contributed by atoms with E-state index in [1.807, 2.05) is 0 Å². The number of aryl methyl sites for hydroxylation is 2. The average Bonchev–Trinajstić information content (AvgIpc) is 3.32. The first kappa shape index (κ1) is 24.7. The van der Waals surface area contributed by atoms with Crippen molar-refractivity contribution in [1.82, 2.24) is 14.8 Å². The Labute approximate surface area is 222 Å². The summed E-state index contributed by atoms with van der Waals surface area (Å²) in [5, 5.41) is 1.21. The molecule has 4 heteroatoms. The lowest BCUT2D eigenvalue weighted by molar-refractivity contribution is 0.0700. The number of hydrogen-bond donors (Lipinski definition) is 1. The van der Waals surface area contributed by atoms with Crippen LogP contribution in [0.4, 0.5) is 0 Å². The van der Waals surface area contributed by atoms with E-state index in [4.69, 9.17) is 0 Å². The van der Waals surface area contributed by atoms with E-state index in [0.717, 1.165) is 50.2 Å². The van der Waals surface area contributed by atoms with Crippen molar-refractivity contribution < 1.29 is 4.79 Å². The van der Waals surface area contributed by atoms with Gasteiger partial charge >= 0.3 is 0 Å². The predicted octanol–water partition coefficient (Wildman–Crippen LogP) is 7.21. The smallest absolute Gasteiger partial charge is 0.270 e. The molecule has 2 bridgehead atoms. The molecule has 37 heavy (non-hydrogen) atoms. The number of amides is 1. The van der Waals surface area contributed by atoms with Crippen LogP contribution < -0.4 is 0 Å². The molecule has 3 fully saturated rings. The van der Waals surface area contributed by atoms with Crippen LogP contribution in [0.25, 0.3) is 10.9 Å². The van der Waals surface area contributed by atoms with E-state index < -0.39 is 0 Å². The van der Waals surface area contributed by atoms with Crippen LogP contribution in [0.2, 0.25) is 0 Å². The summed E-state index contributed by atoms with van der Waals surface area (Å²) in [6.07, 6.45) is 5.81. The van der Waals surface area contributed by atoms with Gasteiger partial charge in [0.2, 0.25) is 0 Å². The Balaban J connectivity index is 1.25. The Hall–Kier alpha value is -2.59. The van der Waals surface area contributed by atoms with Crippen molar-refractivity contribution in [2.45, 2.75) is 85.2 Å². The van der Waals surface area contributed by atoms with Crippen LogP contribution in [-0.2, 0) is 6.54 Å². The van der Waals surface area contributed by atoms with Gasteiger partial charge in [-0.05, 0) is 98.5 Å². The number of carbonyl (C=O) groups excluding carboxylic acids is 1. The summed E-state index contributed by atoms with van der Waals surface area (Å²) in [6.45, 7) is 15.5. The Morgan fingerprint density at radius 3 is 2.41 bits per heavy atom. The Morgan fingerprint density at radius 2 is 1.68 bits per heavy atom. The van der Waals surface area contributed by atoms with Gasteiger partial charge in [0, 0.05) is 35.6 Å². The van der Waals surface area contributed by atoms with E-state index in [0.29, 0.717) is 17.4 Å². The van der Waals surface area contributed by atoms with Crippen molar-refractivity contribution in [3.05, 3.63) is 70.4 Å². The molecule has 4 nitrogen and oxygen atoms in total. The van der Waals surface area contributed by atoms with E-state index in [9.17, 15) is 4.79 Å². The summed E-state index contributed by atoms with van der Waals surface area (Å²) in [5.41, 5.74) is 8.05. The average molecular weight is 498 g/mol. The summed E-state index contributed by atoms with van der Waals surface area (Å²) in [4.78, 5) is 22.5. The van der Waals surface area contributed by atoms with Crippen molar-refractivity contribution in [1.29, 1.82) is 0 Å². The van der Waals surface area contributed by atoms with Gasteiger partial charge in [-0.15, -0.1) is 0 Å². The lowest BCUT2D eigenvalue weighted by Crippen LogP contribution is -2.38. The second-order valence-corrected chi connectivity index (χ2v) is 13.5. The third kappa shape index (κ3) is 4.52. The lowest BCUT2D eigenvalue weighted by atomic mass is 9.65. The van der Waals surface area contributed by atoms with Gasteiger partial charge in [0.05, 0.1) is 0 Å². The maximum atomic E-state index is 14.2. The normalized spacial score (nSPS) is 26.2. The van der Waals surface area contributed by atoms with Gasteiger partial charge < -0.3 is 9.88 Å². The predicted molar refractivity (Wildman–Crippen MR) is 152 cm³/mol. The van der Waals surface area contributed by atoms with Crippen LogP contribution in [0.1, 0.15) is 91.5 Å². The third-order valence-electron chi connectivity index (χ3n) is 9.62. The standard InChI is InChI=1S/C33H43N3O/c1-22-9-8-10-23(2)29(22)24-13-15-35(16-14-24)19-27-26-11-6-7-12-28(26)34-30(27)31(37)36-21-33(5)18-25(36)17-32(3,4)20-33/h6-12,24-25,34H,13-21H2,1-5H3/t25-,33-/m1/s1. The van der Waals surface area contributed by atoms with Gasteiger partial charge in [-0.25, -0.2) is 0 Å². The quantitative estimate of drug-likeness (QED) is 0.414. The first-order chi connectivity index (χ1) is 17.6. The first-order valence-electron chi connectivity index (χ1n) is 14.3. The molecule has 3 aromatic rings. The van der Waals surface area contributed by atoms with E-state index in [-0.39, 0.29) is 11.3 Å². The van der Waals surface area contributed by atoms with Crippen LogP contribution in [0, 0.1) is 24.7 Å². The van der Waals surface area contributed by atoms with Crippen LogP contribution in [0.3, 0.4) is 0 Å². The van der Waals surface area contributed by atoms with E-state index in [2.05, 4.69) is 91.9 Å². The van der Waals surface area contributed by atoms with Crippen LogP contribution in [-0.4, -0.2) is 46.4 Å². The number of para-hydroxylation sites is 1. The molecule has 2 atom stereocenters. The van der Waals surface area contributed by atoms with Gasteiger partial charge in [-0.2, -0.15) is 0 Å². The number of fused-ring (bicyclic) bond motifs is 3. The number of H-pyrrole nitrogens is 1. The van der Waals surface area contributed by atoms with E-state index in [1.54, 1.807) is 5.56 Å². The van der Waals surface area contributed by atoms with Crippen LogP contribution in [0.5, 0.6) is 0 Å². The number of rotatable bonds is 4. The van der Waals surface area contributed by atoms with E-state index >= 15 is 0 Å². The SMILES string of the molecule is Cc1cccc(C)c1C1CCN(Cc2c(C(=O)N3C[C@]4(C)C[C@H]3CC(C)(C)C4)[nH]c3ccccc23)CC1. The summed E-state index contributed by atoms with van der Waals surface area (Å²) in [5.74, 6) is 0.845. The monoisotopic (exact) mass is 497 g/mol. The summed E-state index contributed by atoms with van der Waals surface area (Å²) in [6, 6.07) is 15.5. The minimum Gasteiger partial charge on any atom is -0.350 e. The summed E-state index contributed by atoms with van der Waals surface area (Å²) in [7, 11) is 0. The highest BCUT2D eigenvalue weighted by Gasteiger charge is 2.51. The molecule has 3 heterocycles. The second-order valence-electron chi connectivity index (χ2n) is 13.5. The van der Waals surface area contributed by atoms with Crippen molar-refractivity contribution in [2.75, 3.05) is 19.6 Å². The molecule has 3 aliphatic rings.